The number of amides is 2. The molecule has 210 valence electrons. The number of likely N-dealkylation sites (tertiary alicyclic amines) is 1. The predicted molar refractivity (Wildman–Crippen MR) is 153 cm³/mol. The zero-order valence-electron chi connectivity index (χ0n) is 23.0. The first-order chi connectivity index (χ1) is 19.3. The van der Waals surface area contributed by atoms with Crippen LogP contribution in [0.4, 0.5) is 0 Å². The molecule has 0 aliphatic carbocycles. The highest BCUT2D eigenvalue weighted by atomic mass is 16.5. The van der Waals surface area contributed by atoms with Crippen LogP contribution in [0.3, 0.4) is 0 Å². The summed E-state index contributed by atoms with van der Waals surface area (Å²) < 4.78 is 6.87. The topological polar surface area (TPSA) is 92.1 Å². The number of carbonyl (C=O) groups excluding carboxylic acids is 2. The minimum absolute atomic E-state index is 0.0622. The molecule has 2 saturated heterocycles. The molecule has 40 heavy (non-hydrogen) atoms. The van der Waals surface area contributed by atoms with Gasteiger partial charge in [0.05, 0.1) is 30.9 Å². The van der Waals surface area contributed by atoms with Crippen molar-refractivity contribution in [3.05, 3.63) is 94.4 Å². The maximum atomic E-state index is 13.6. The molecule has 1 atom stereocenters. The molecule has 8 nitrogen and oxygen atoms in total. The lowest BCUT2D eigenvalue weighted by Gasteiger charge is -2.39. The van der Waals surface area contributed by atoms with Gasteiger partial charge in [-0.3, -0.25) is 14.4 Å². The van der Waals surface area contributed by atoms with Gasteiger partial charge in [0.15, 0.2) is 0 Å². The number of ether oxygens (including phenoxy) is 1. The van der Waals surface area contributed by atoms with E-state index in [-0.39, 0.29) is 29.8 Å². The van der Waals surface area contributed by atoms with E-state index in [1.54, 1.807) is 11.1 Å². The third-order valence-electron chi connectivity index (χ3n) is 8.10. The summed E-state index contributed by atoms with van der Waals surface area (Å²) in [4.78, 5) is 43.4. The van der Waals surface area contributed by atoms with Crippen LogP contribution in [-0.2, 0) is 16.1 Å². The van der Waals surface area contributed by atoms with Crippen LogP contribution in [0.2, 0.25) is 0 Å². The molecule has 0 bridgehead atoms. The van der Waals surface area contributed by atoms with Crippen molar-refractivity contribution in [1.29, 1.82) is 0 Å². The molecular formula is C32H37N3O5. The number of benzene rings is 2. The fourth-order valence-electron chi connectivity index (χ4n) is 5.60. The van der Waals surface area contributed by atoms with Crippen molar-refractivity contribution in [2.45, 2.75) is 44.2 Å². The Balaban J connectivity index is 1.31. The second kappa shape index (κ2) is 12.2. The minimum Gasteiger partial charge on any atom is -0.388 e. The quantitative estimate of drug-likeness (QED) is 0.492. The average Bonchev–Trinajstić information content (AvgIpc) is 2.99. The number of pyridine rings is 1. The highest BCUT2D eigenvalue weighted by Crippen LogP contribution is 2.28. The largest absolute Gasteiger partial charge is 0.388 e. The van der Waals surface area contributed by atoms with Crippen LogP contribution in [-0.4, -0.2) is 76.3 Å². The molecule has 3 heterocycles. The molecule has 8 heteroatoms. The summed E-state index contributed by atoms with van der Waals surface area (Å²) in [7, 11) is 0. The normalized spacial score (nSPS) is 17.9. The number of aliphatic hydroxyl groups is 1. The van der Waals surface area contributed by atoms with E-state index in [0.717, 1.165) is 11.1 Å². The molecule has 5 rings (SSSR count). The standard InChI is InChI=1S/C32H37N3O5/c1-24(25-8-4-2-5-9-25)20-29(36)33-14-12-32(39,13-15-33)23-35-22-28(31(38)34-16-18-40-19-17-34)27(21-30(35)37)26-10-6-3-7-11-26/h2-11,21-22,24,39H,12-20,23H2,1H3/t24-/m1/s1. The fourth-order valence-corrected chi connectivity index (χ4v) is 5.60. The Morgan fingerprint density at radius 1 is 0.925 bits per heavy atom. The van der Waals surface area contributed by atoms with Gasteiger partial charge in [-0.25, -0.2) is 0 Å². The molecule has 0 saturated carbocycles. The van der Waals surface area contributed by atoms with Crippen LogP contribution in [0.5, 0.6) is 0 Å². The monoisotopic (exact) mass is 543 g/mol. The lowest BCUT2D eigenvalue weighted by Crippen LogP contribution is -2.50. The Hall–Kier alpha value is -3.75. The van der Waals surface area contributed by atoms with E-state index in [2.05, 4.69) is 6.92 Å². The Labute approximate surface area is 234 Å². The third kappa shape index (κ3) is 6.35. The van der Waals surface area contributed by atoms with E-state index in [1.807, 2.05) is 65.6 Å². The van der Waals surface area contributed by atoms with Gasteiger partial charge in [-0.1, -0.05) is 67.6 Å². The van der Waals surface area contributed by atoms with Crippen molar-refractivity contribution < 1.29 is 19.4 Å². The molecule has 3 aromatic rings. The fraction of sp³-hybridized carbons (Fsp3) is 0.406. The van der Waals surface area contributed by atoms with Gasteiger partial charge in [-0.2, -0.15) is 0 Å². The van der Waals surface area contributed by atoms with E-state index < -0.39 is 5.60 Å². The van der Waals surface area contributed by atoms with Gasteiger partial charge in [0.2, 0.25) is 5.91 Å². The second-order valence-corrected chi connectivity index (χ2v) is 11.0. The summed E-state index contributed by atoms with van der Waals surface area (Å²) in [5.41, 5.74) is 1.50. The van der Waals surface area contributed by atoms with Crippen LogP contribution in [0.1, 0.15) is 48.0 Å². The minimum atomic E-state index is -1.15. The predicted octanol–water partition coefficient (Wildman–Crippen LogP) is 3.54. The average molecular weight is 544 g/mol. The zero-order chi connectivity index (χ0) is 28.1. The third-order valence-corrected chi connectivity index (χ3v) is 8.10. The summed E-state index contributed by atoms with van der Waals surface area (Å²) in [6.45, 7) is 4.89. The number of morpholine rings is 1. The smallest absolute Gasteiger partial charge is 0.256 e. The summed E-state index contributed by atoms with van der Waals surface area (Å²) in [6, 6.07) is 20.9. The summed E-state index contributed by atoms with van der Waals surface area (Å²) >= 11 is 0. The van der Waals surface area contributed by atoms with E-state index in [1.165, 1.54) is 10.6 Å². The Kier molecular flexibility index (Phi) is 8.47. The van der Waals surface area contributed by atoms with Crippen molar-refractivity contribution in [3.63, 3.8) is 0 Å². The van der Waals surface area contributed by atoms with E-state index in [0.29, 0.717) is 69.8 Å². The number of aromatic nitrogens is 1. The van der Waals surface area contributed by atoms with E-state index in [4.69, 9.17) is 4.74 Å². The lowest BCUT2D eigenvalue weighted by molar-refractivity contribution is -0.136. The maximum Gasteiger partial charge on any atom is 0.256 e. The summed E-state index contributed by atoms with van der Waals surface area (Å²) in [5, 5.41) is 11.5. The van der Waals surface area contributed by atoms with E-state index in [9.17, 15) is 19.5 Å². The van der Waals surface area contributed by atoms with Crippen molar-refractivity contribution in [1.82, 2.24) is 14.4 Å². The van der Waals surface area contributed by atoms with Gasteiger partial charge in [0, 0.05) is 50.4 Å². The Morgan fingerprint density at radius 2 is 1.55 bits per heavy atom. The van der Waals surface area contributed by atoms with Gasteiger partial charge in [-0.05, 0) is 29.9 Å². The Bertz CT molecular complexity index is 1370. The van der Waals surface area contributed by atoms with Crippen LogP contribution in [0.15, 0.2) is 77.7 Å². The first-order valence-electron chi connectivity index (χ1n) is 14.0. The molecule has 1 N–H and O–H groups in total. The zero-order valence-corrected chi connectivity index (χ0v) is 23.0. The first kappa shape index (κ1) is 27.8. The highest BCUT2D eigenvalue weighted by molar-refractivity contribution is 6.00. The lowest BCUT2D eigenvalue weighted by atomic mass is 9.90. The number of piperidine rings is 1. The van der Waals surface area contributed by atoms with Crippen LogP contribution in [0.25, 0.3) is 11.1 Å². The van der Waals surface area contributed by atoms with Crippen LogP contribution in [0, 0.1) is 0 Å². The molecule has 1 aromatic heterocycles. The van der Waals surface area contributed by atoms with Crippen LogP contribution >= 0.6 is 0 Å². The van der Waals surface area contributed by atoms with Gasteiger partial charge in [0.25, 0.3) is 11.5 Å². The van der Waals surface area contributed by atoms with Crippen molar-refractivity contribution >= 4 is 11.8 Å². The second-order valence-electron chi connectivity index (χ2n) is 11.0. The van der Waals surface area contributed by atoms with Crippen molar-refractivity contribution in [3.8, 4) is 11.1 Å². The summed E-state index contributed by atoms with van der Waals surface area (Å²) in [6.07, 6.45) is 2.73. The van der Waals surface area contributed by atoms with Gasteiger partial charge >= 0.3 is 0 Å². The first-order valence-corrected chi connectivity index (χ1v) is 14.0. The van der Waals surface area contributed by atoms with Crippen molar-refractivity contribution in [2.24, 2.45) is 0 Å². The van der Waals surface area contributed by atoms with E-state index >= 15 is 0 Å². The van der Waals surface area contributed by atoms with Crippen molar-refractivity contribution in [2.75, 3.05) is 39.4 Å². The highest BCUT2D eigenvalue weighted by Gasteiger charge is 2.35. The summed E-state index contributed by atoms with van der Waals surface area (Å²) in [5.74, 6) is 0.0238. The number of nitrogens with zero attached hydrogens (tertiary/aromatic N) is 3. The molecule has 2 fully saturated rings. The molecular weight excluding hydrogens is 506 g/mol. The molecule has 0 unspecified atom stereocenters. The van der Waals surface area contributed by atoms with Gasteiger partial charge < -0.3 is 24.2 Å². The molecule has 2 amide bonds. The van der Waals surface area contributed by atoms with Gasteiger partial charge in [0.1, 0.15) is 0 Å². The Morgan fingerprint density at radius 3 is 2.20 bits per heavy atom. The maximum absolute atomic E-state index is 13.6. The molecule has 0 radical (unpaired) electrons. The number of hydrogen-bond acceptors (Lipinski definition) is 5. The van der Waals surface area contributed by atoms with Gasteiger partial charge in [-0.15, -0.1) is 0 Å². The molecule has 0 spiro atoms. The number of hydrogen-bond donors (Lipinski definition) is 1. The molecule has 2 aliphatic rings. The molecule has 2 aliphatic heterocycles. The SMILES string of the molecule is C[C@H](CC(=O)N1CCC(O)(Cn2cc(C(=O)N3CCOCC3)c(-c3ccccc3)cc2=O)CC1)c1ccccc1. The van der Waals surface area contributed by atoms with Crippen LogP contribution < -0.4 is 5.56 Å². The number of rotatable bonds is 7. The molecule has 2 aromatic carbocycles. The number of carbonyl (C=O) groups is 2.